The van der Waals surface area contributed by atoms with Gasteiger partial charge in [0.05, 0.1) is 0 Å². The molecule has 2 aromatic heterocycles. The Hall–Kier alpha value is -5.26. The summed E-state index contributed by atoms with van der Waals surface area (Å²) in [5.41, 5.74) is -3.29. The van der Waals surface area contributed by atoms with Crippen molar-refractivity contribution in [1.29, 1.82) is 0 Å². The van der Waals surface area contributed by atoms with E-state index in [1.165, 1.54) is 25.7 Å². The second-order valence-corrected chi connectivity index (χ2v) is 18.1. The Kier molecular flexibility index (Phi) is 28.3. The molecule has 0 amide bonds. The fourth-order valence-electron chi connectivity index (χ4n) is 6.00. The van der Waals surface area contributed by atoms with Gasteiger partial charge in [-0.1, -0.05) is 63.1 Å². The Morgan fingerprint density at radius 1 is 0.446 bits per heavy atom. The molecule has 8 rings (SSSR count). The molecule has 0 aliphatic carbocycles. The van der Waals surface area contributed by atoms with Crippen LogP contribution in [0.5, 0.6) is 0 Å². The van der Waals surface area contributed by atoms with Gasteiger partial charge in [-0.15, -0.1) is 144 Å². The van der Waals surface area contributed by atoms with Gasteiger partial charge in [-0.3, -0.25) is 9.11 Å². The van der Waals surface area contributed by atoms with Gasteiger partial charge in [0.2, 0.25) is 0 Å². The van der Waals surface area contributed by atoms with Crippen LogP contribution in [0, 0.1) is 37.6 Å². The molecule has 4 aromatic carbocycles. The number of pyridine rings is 2. The second-order valence-electron chi connectivity index (χ2n) is 15.2. The minimum Gasteiger partial charge on any atom is -0.508 e. The first-order valence-corrected chi connectivity index (χ1v) is 25.1. The molecule has 0 unspecified atom stereocenters. The number of rotatable bonds is 13. The monoisotopic (exact) mass is 1430 g/mol. The third-order valence-corrected chi connectivity index (χ3v) is 10.8. The minimum atomic E-state index is -5.84. The minimum absolute atomic E-state index is 0. The SMILES string of the molecule is CCCCN1C=CN(CCN2C=CN(CCCC)[CH-]2)[CH-]1.O=S(=O)(O)C(F)(F)F.O=S(=O)(O)C(F)(F)F.[Au+3].[Au+3].[c-]1ccccc1-c1cccc(-c2[c-]cccc2)n1.[c-]1ccccc1-c1cccc(-c2[c-]cccc2)n1. The summed E-state index contributed by atoms with van der Waals surface area (Å²) in [7, 11) is -11.7. The van der Waals surface area contributed by atoms with Crippen LogP contribution in [0.25, 0.3) is 45.0 Å². The summed E-state index contributed by atoms with van der Waals surface area (Å²) in [5.74, 6) is 0. The number of alkyl halides is 6. The first kappa shape index (κ1) is 64.9. The standard InChI is InChI=1S/2C17H11N.C16H28N4.2CHF3O3S.2Au/c2*1-3-8-14(9-4-1)16-12-7-13-17(18-16)15-10-5-2-6-11-15;1-3-5-7-17-9-11-19(15-17)13-14-20-12-10-18(16-20)8-6-4-2;2*2-1(3,4)8(5,6)7;;/h2*1-8,10,12-13H;9-12,15-16H,3-8,13-14H2,1-2H3;2*(H,5,6,7);;/q3*-2;;;2*+3. The smallest absolute Gasteiger partial charge is 0.508 e. The number of aromatic nitrogens is 2. The van der Waals surface area contributed by atoms with Crippen LogP contribution in [0.15, 0.2) is 158 Å². The van der Waals surface area contributed by atoms with Crippen molar-refractivity contribution in [2.24, 2.45) is 0 Å². The fraction of sp³-hybridized carbons (Fsp3) is 0.231. The number of hydrogen-bond acceptors (Lipinski definition) is 10. The van der Waals surface area contributed by atoms with E-state index in [0.29, 0.717) is 0 Å². The number of benzene rings is 4. The summed E-state index contributed by atoms with van der Waals surface area (Å²) >= 11 is 0. The molecule has 0 fully saturated rings. The van der Waals surface area contributed by atoms with E-state index in [1.807, 2.05) is 133 Å². The number of nitrogens with zero attached hydrogens (tertiary/aromatic N) is 6. The third-order valence-electron chi connectivity index (χ3n) is 9.67. The van der Waals surface area contributed by atoms with Crippen molar-refractivity contribution in [1.82, 2.24) is 29.6 Å². The predicted octanol–water partition coefficient (Wildman–Crippen LogP) is 11.8. The topological polar surface area (TPSA) is 147 Å². The molecule has 0 spiro atoms. The van der Waals surface area contributed by atoms with Crippen molar-refractivity contribution >= 4 is 20.2 Å². The van der Waals surface area contributed by atoms with Crippen LogP contribution in [0.1, 0.15) is 39.5 Å². The van der Waals surface area contributed by atoms with Crippen molar-refractivity contribution in [2.45, 2.75) is 50.5 Å². The molecule has 0 radical (unpaired) electrons. The van der Waals surface area contributed by atoms with Crippen molar-refractivity contribution < 1.29 is 97.0 Å². The Bertz CT molecular complexity index is 2510. The molecule has 74 heavy (non-hydrogen) atoms. The molecule has 0 bridgehead atoms. The second kappa shape index (κ2) is 32.2. The van der Waals surface area contributed by atoms with Crippen molar-refractivity contribution in [2.75, 3.05) is 26.2 Å². The Balaban J connectivity index is 0.000000329. The maximum absolute atomic E-state index is 10.7. The molecule has 2 N–H and O–H groups in total. The molecule has 12 nitrogen and oxygen atoms in total. The first-order chi connectivity index (χ1) is 34.2. The Morgan fingerprint density at radius 2 is 0.689 bits per heavy atom. The largest absolute Gasteiger partial charge is 3.00 e. The van der Waals surface area contributed by atoms with E-state index in [1.54, 1.807) is 0 Å². The van der Waals surface area contributed by atoms with E-state index >= 15 is 0 Å². The average Bonchev–Trinajstić information content (AvgIpc) is 4.04. The van der Waals surface area contributed by atoms with E-state index in [0.717, 1.165) is 71.2 Å². The molecular weight excluding hydrogens is 1380 g/mol. The summed E-state index contributed by atoms with van der Waals surface area (Å²) in [6.45, 7) is 13.2. The maximum Gasteiger partial charge on any atom is 3.00 e. The summed E-state index contributed by atoms with van der Waals surface area (Å²) in [4.78, 5) is 18.4. The Morgan fingerprint density at radius 3 is 0.892 bits per heavy atom. The molecule has 0 saturated carbocycles. The number of hydrogen-bond donors (Lipinski definition) is 2. The molecule has 2 aliphatic rings. The van der Waals surface area contributed by atoms with Crippen LogP contribution >= 0.6 is 0 Å². The number of unbranched alkanes of at least 4 members (excludes halogenated alkanes) is 2. The Labute approximate surface area is 461 Å². The molecule has 4 heterocycles. The third kappa shape index (κ3) is 23.1. The van der Waals surface area contributed by atoms with Gasteiger partial charge < -0.3 is 29.6 Å². The van der Waals surface area contributed by atoms with Gasteiger partial charge in [0.15, 0.2) is 0 Å². The number of halogens is 6. The molecule has 2 aliphatic heterocycles. The molecular formula is C52H52Au2F6N6O6S2. The van der Waals surface area contributed by atoms with E-state index in [9.17, 15) is 26.3 Å². The molecule has 0 atom stereocenters. The van der Waals surface area contributed by atoms with Crippen LogP contribution in [0.4, 0.5) is 26.3 Å². The zero-order valence-corrected chi connectivity index (χ0v) is 45.7. The first-order valence-electron chi connectivity index (χ1n) is 22.2. The van der Waals surface area contributed by atoms with Crippen LogP contribution in [-0.4, -0.2) is 92.7 Å². The van der Waals surface area contributed by atoms with Gasteiger partial charge in [0.1, 0.15) is 0 Å². The van der Waals surface area contributed by atoms with Crippen LogP contribution in [0.3, 0.4) is 0 Å². The van der Waals surface area contributed by atoms with Crippen LogP contribution in [-0.2, 0) is 65.0 Å². The normalized spacial score (nSPS) is 12.8. The van der Waals surface area contributed by atoms with E-state index < -0.39 is 31.3 Å². The van der Waals surface area contributed by atoms with Crippen molar-refractivity contribution in [3.63, 3.8) is 0 Å². The van der Waals surface area contributed by atoms with Crippen LogP contribution < -0.4 is 0 Å². The molecule has 0 saturated heterocycles. The predicted molar refractivity (Wildman–Crippen MR) is 264 cm³/mol. The van der Waals surface area contributed by atoms with Gasteiger partial charge in [0, 0.05) is 13.1 Å². The van der Waals surface area contributed by atoms with Crippen molar-refractivity contribution in [3.8, 4) is 45.0 Å². The van der Waals surface area contributed by atoms with E-state index in [4.69, 9.17) is 25.9 Å². The van der Waals surface area contributed by atoms with E-state index in [-0.39, 0.29) is 44.8 Å². The zero-order chi connectivity index (χ0) is 52.6. The van der Waals surface area contributed by atoms with Gasteiger partial charge in [-0.25, -0.2) is 0 Å². The maximum atomic E-state index is 10.7. The van der Waals surface area contributed by atoms with Gasteiger partial charge >= 0.3 is 76.0 Å². The average molecular weight is 1430 g/mol. The quantitative estimate of drug-likeness (QED) is 0.0373. The fourth-order valence-corrected chi connectivity index (χ4v) is 6.00. The van der Waals surface area contributed by atoms with E-state index in [2.05, 4.69) is 106 Å². The van der Waals surface area contributed by atoms with Gasteiger partial charge in [-0.2, -0.15) is 56.5 Å². The van der Waals surface area contributed by atoms with Crippen molar-refractivity contribution in [3.05, 3.63) is 196 Å². The van der Waals surface area contributed by atoms with Crippen LogP contribution in [0.2, 0.25) is 0 Å². The van der Waals surface area contributed by atoms with Gasteiger partial charge in [-0.05, 0) is 73.5 Å². The molecule has 6 aromatic rings. The summed E-state index contributed by atoms with van der Waals surface area (Å²) in [6.07, 6.45) is 13.7. The summed E-state index contributed by atoms with van der Waals surface area (Å²) < 4.78 is 115. The zero-order valence-electron chi connectivity index (χ0n) is 39.7. The van der Waals surface area contributed by atoms with Gasteiger partial charge in [0.25, 0.3) is 0 Å². The summed E-state index contributed by atoms with van der Waals surface area (Å²) in [5, 5.41) is 0. The molecule has 402 valence electrons. The summed E-state index contributed by atoms with van der Waals surface area (Å²) in [6, 6.07) is 56.3. The molecule has 22 heteroatoms.